The van der Waals surface area contributed by atoms with Crippen molar-refractivity contribution in [3.8, 4) is 0 Å². The number of ether oxygens (including phenoxy) is 1. The zero-order chi connectivity index (χ0) is 8.97. The first-order valence-electron chi connectivity index (χ1n) is 3.57. The van der Waals surface area contributed by atoms with Crippen molar-refractivity contribution in [2.75, 3.05) is 0 Å². The lowest BCUT2D eigenvalue weighted by Gasteiger charge is -2.03. The molecule has 3 nitrogen and oxygen atoms in total. The van der Waals surface area contributed by atoms with Crippen LogP contribution in [0.5, 0.6) is 0 Å². The lowest BCUT2D eigenvalue weighted by Crippen LogP contribution is -2.08. The molecule has 2 N–H and O–H groups in total. The second-order valence-corrected chi connectivity index (χ2v) is 2.35. The Bertz CT molecular complexity index is 293. The summed E-state index contributed by atoms with van der Waals surface area (Å²) in [4.78, 5) is 0. The van der Waals surface area contributed by atoms with E-state index in [1.807, 2.05) is 18.2 Å². The van der Waals surface area contributed by atoms with Crippen LogP contribution in [0.3, 0.4) is 0 Å². The maximum absolute atomic E-state index is 7.40. The average Bonchev–Trinajstić information content (AvgIpc) is 2.05. The molecule has 0 aromatic heterocycles. The molecule has 1 aromatic rings. The Balaban J connectivity index is 2.73. The fourth-order valence-corrected chi connectivity index (χ4v) is 0.802. The normalized spacial score (nSPS) is 9.08. The summed E-state index contributed by atoms with van der Waals surface area (Å²) in [6, 6.07) is 9.06. The van der Waals surface area contributed by atoms with Crippen molar-refractivity contribution in [2.24, 2.45) is 0 Å². The van der Waals surface area contributed by atoms with E-state index < -0.39 is 0 Å². The first kappa shape index (κ1) is 8.46. The van der Waals surface area contributed by atoms with Crippen molar-refractivity contribution in [3.05, 3.63) is 35.9 Å². The Labute approximate surface area is 71.0 Å². The molecule has 1 rings (SSSR count). The van der Waals surface area contributed by atoms with E-state index in [1.54, 1.807) is 12.1 Å². The van der Waals surface area contributed by atoms with E-state index in [4.69, 9.17) is 15.6 Å². The molecule has 0 heterocycles. The average molecular weight is 162 g/mol. The van der Waals surface area contributed by atoms with Crippen LogP contribution in [0, 0.1) is 10.8 Å². The molecule has 0 atom stereocenters. The highest BCUT2D eigenvalue weighted by Gasteiger charge is 2.01. The van der Waals surface area contributed by atoms with Crippen LogP contribution in [0.2, 0.25) is 0 Å². The van der Waals surface area contributed by atoms with Gasteiger partial charge in [-0.25, -0.2) is 0 Å². The minimum atomic E-state index is 0.0168. The third-order valence-corrected chi connectivity index (χ3v) is 1.29. The molecule has 0 spiro atoms. The number of benzene rings is 1. The van der Waals surface area contributed by atoms with Gasteiger partial charge in [0.25, 0.3) is 0 Å². The number of hydrogen-bond acceptors (Lipinski definition) is 3. The third-order valence-electron chi connectivity index (χ3n) is 1.29. The van der Waals surface area contributed by atoms with Crippen molar-refractivity contribution in [3.63, 3.8) is 0 Å². The SMILES string of the molecule is CC(=N)OC(=N)c1ccccc1. The predicted molar refractivity (Wildman–Crippen MR) is 47.8 cm³/mol. The zero-order valence-electron chi connectivity index (χ0n) is 6.79. The van der Waals surface area contributed by atoms with E-state index >= 15 is 0 Å². The van der Waals surface area contributed by atoms with E-state index in [0.29, 0.717) is 5.56 Å². The van der Waals surface area contributed by atoms with Gasteiger partial charge in [-0.2, -0.15) is 0 Å². The summed E-state index contributed by atoms with van der Waals surface area (Å²) >= 11 is 0. The Morgan fingerprint density at radius 3 is 2.25 bits per heavy atom. The Hall–Kier alpha value is -1.64. The molecule has 0 saturated carbocycles. The van der Waals surface area contributed by atoms with Gasteiger partial charge in [0.2, 0.25) is 5.90 Å². The van der Waals surface area contributed by atoms with Crippen molar-refractivity contribution < 1.29 is 4.74 Å². The van der Waals surface area contributed by atoms with Crippen molar-refractivity contribution >= 4 is 11.8 Å². The summed E-state index contributed by atoms with van der Waals surface area (Å²) in [5.74, 6) is 0.0481. The second-order valence-electron chi connectivity index (χ2n) is 2.35. The van der Waals surface area contributed by atoms with Gasteiger partial charge < -0.3 is 4.74 Å². The Morgan fingerprint density at radius 1 is 1.17 bits per heavy atom. The molecule has 0 unspecified atom stereocenters. The molecule has 0 saturated heterocycles. The Kier molecular flexibility index (Phi) is 2.58. The molecule has 0 aliphatic carbocycles. The fraction of sp³-hybridized carbons (Fsp3) is 0.111. The molecule has 12 heavy (non-hydrogen) atoms. The number of rotatable bonds is 1. The molecule has 0 radical (unpaired) electrons. The minimum Gasteiger partial charge on any atom is -0.426 e. The van der Waals surface area contributed by atoms with Crippen LogP contribution in [-0.4, -0.2) is 11.8 Å². The van der Waals surface area contributed by atoms with E-state index in [1.165, 1.54) is 6.92 Å². The second kappa shape index (κ2) is 3.67. The zero-order valence-corrected chi connectivity index (χ0v) is 6.79. The molecule has 62 valence electrons. The summed E-state index contributed by atoms with van der Waals surface area (Å²) in [5.41, 5.74) is 0.684. The van der Waals surface area contributed by atoms with Gasteiger partial charge in [-0.1, -0.05) is 18.2 Å². The van der Waals surface area contributed by atoms with Gasteiger partial charge in [-0.15, -0.1) is 0 Å². The minimum absolute atomic E-state index is 0.0168. The van der Waals surface area contributed by atoms with Crippen molar-refractivity contribution in [1.82, 2.24) is 0 Å². The van der Waals surface area contributed by atoms with Crippen LogP contribution in [0.4, 0.5) is 0 Å². The topological polar surface area (TPSA) is 56.9 Å². The summed E-state index contributed by atoms with van der Waals surface area (Å²) < 4.78 is 4.80. The van der Waals surface area contributed by atoms with Crippen LogP contribution in [-0.2, 0) is 4.74 Å². The fourth-order valence-electron chi connectivity index (χ4n) is 0.802. The van der Waals surface area contributed by atoms with Crippen LogP contribution in [0.25, 0.3) is 0 Å². The molecule has 0 aliphatic heterocycles. The molecular weight excluding hydrogens is 152 g/mol. The molecule has 0 bridgehead atoms. The van der Waals surface area contributed by atoms with E-state index in [-0.39, 0.29) is 11.8 Å². The highest BCUT2D eigenvalue weighted by molar-refractivity contribution is 5.98. The van der Waals surface area contributed by atoms with Crippen LogP contribution in [0.15, 0.2) is 30.3 Å². The van der Waals surface area contributed by atoms with E-state index in [0.717, 1.165) is 0 Å². The van der Waals surface area contributed by atoms with Crippen LogP contribution < -0.4 is 0 Å². The molecule has 3 heteroatoms. The van der Waals surface area contributed by atoms with Gasteiger partial charge in [0.05, 0.1) is 0 Å². The van der Waals surface area contributed by atoms with Gasteiger partial charge in [-0.05, 0) is 12.1 Å². The summed E-state index contributed by atoms with van der Waals surface area (Å²) in [5, 5.41) is 14.4. The quantitative estimate of drug-likeness (QED) is 0.481. The van der Waals surface area contributed by atoms with E-state index in [2.05, 4.69) is 0 Å². The largest absolute Gasteiger partial charge is 0.426 e. The maximum Gasteiger partial charge on any atom is 0.220 e. The molecule has 0 fully saturated rings. The van der Waals surface area contributed by atoms with Gasteiger partial charge >= 0.3 is 0 Å². The molecule has 1 aromatic carbocycles. The predicted octanol–water partition coefficient (Wildman–Crippen LogP) is 2.03. The summed E-state index contributed by atoms with van der Waals surface area (Å²) in [7, 11) is 0. The van der Waals surface area contributed by atoms with Crippen LogP contribution >= 0.6 is 0 Å². The molecular formula is C9H10N2O. The highest BCUT2D eigenvalue weighted by atomic mass is 16.5. The smallest absolute Gasteiger partial charge is 0.220 e. The first-order chi connectivity index (χ1) is 5.70. The van der Waals surface area contributed by atoms with Gasteiger partial charge in [0, 0.05) is 12.5 Å². The first-order valence-corrected chi connectivity index (χ1v) is 3.57. The van der Waals surface area contributed by atoms with Crippen molar-refractivity contribution in [1.29, 1.82) is 10.8 Å². The summed E-state index contributed by atoms with van der Waals surface area (Å²) in [6.07, 6.45) is 0. The Morgan fingerprint density at radius 2 is 1.75 bits per heavy atom. The lowest BCUT2D eigenvalue weighted by molar-refractivity contribution is 0.532. The summed E-state index contributed by atoms with van der Waals surface area (Å²) in [6.45, 7) is 1.50. The van der Waals surface area contributed by atoms with Crippen molar-refractivity contribution in [2.45, 2.75) is 6.92 Å². The molecule has 0 aliphatic rings. The highest BCUT2D eigenvalue weighted by Crippen LogP contribution is 2.00. The lowest BCUT2D eigenvalue weighted by atomic mass is 10.2. The van der Waals surface area contributed by atoms with Crippen LogP contribution in [0.1, 0.15) is 12.5 Å². The van der Waals surface area contributed by atoms with Gasteiger partial charge in [0.15, 0.2) is 5.90 Å². The maximum atomic E-state index is 7.40. The molecule has 0 amide bonds. The monoisotopic (exact) mass is 162 g/mol. The number of nitrogens with one attached hydrogen (secondary N) is 2. The number of hydrogen-bond donors (Lipinski definition) is 2. The standard InChI is InChI=1S/C9H10N2O/c1-7(10)12-9(11)8-5-3-2-4-6-8/h2-6,10-11H,1H3. The van der Waals surface area contributed by atoms with Gasteiger partial charge in [0.1, 0.15) is 0 Å². The van der Waals surface area contributed by atoms with Gasteiger partial charge in [-0.3, -0.25) is 10.8 Å². The van der Waals surface area contributed by atoms with E-state index in [9.17, 15) is 0 Å². The third kappa shape index (κ3) is 2.20.